The lowest BCUT2D eigenvalue weighted by Gasteiger charge is -2.37. The Hall–Kier alpha value is -2.91. The second-order valence-electron chi connectivity index (χ2n) is 13.8. The lowest BCUT2D eigenvalue weighted by Crippen LogP contribution is -2.59. The van der Waals surface area contributed by atoms with Crippen molar-refractivity contribution in [2.45, 2.75) is 105 Å². The molecule has 5 atom stereocenters. The summed E-state index contributed by atoms with van der Waals surface area (Å²) in [6.45, 7) is 16.2. The molecule has 2 saturated carbocycles. The Morgan fingerprint density at radius 1 is 1.07 bits per heavy atom. The molecule has 1 unspecified atom stereocenters. The van der Waals surface area contributed by atoms with Gasteiger partial charge in [-0.15, -0.1) is 6.58 Å². The summed E-state index contributed by atoms with van der Waals surface area (Å²) in [5, 5.41) is 8.16. The molecule has 0 aromatic carbocycles. The summed E-state index contributed by atoms with van der Waals surface area (Å²) in [5.74, 6) is -2.19. The molecule has 1 aliphatic heterocycles. The highest BCUT2D eigenvalue weighted by molar-refractivity contribution is 6.38. The first-order chi connectivity index (χ1) is 19.2. The van der Waals surface area contributed by atoms with Crippen molar-refractivity contribution in [1.29, 1.82) is 0 Å². The maximum atomic E-state index is 14.2. The van der Waals surface area contributed by atoms with Gasteiger partial charge in [-0.1, -0.05) is 73.3 Å². The van der Waals surface area contributed by atoms with Gasteiger partial charge in [0.05, 0.1) is 12.6 Å². The second kappa shape index (κ2) is 13.4. The zero-order valence-electron chi connectivity index (χ0n) is 25.7. The average Bonchev–Trinajstić information content (AvgIpc) is 3.24. The van der Waals surface area contributed by atoms with Crippen LogP contribution in [0.2, 0.25) is 0 Å². The van der Waals surface area contributed by atoms with Gasteiger partial charge in [-0.05, 0) is 47.8 Å². The third kappa shape index (κ3) is 7.89. The van der Waals surface area contributed by atoms with Crippen LogP contribution in [-0.4, -0.2) is 72.3 Å². The van der Waals surface area contributed by atoms with Crippen LogP contribution in [0.3, 0.4) is 0 Å². The number of ketones is 1. The molecule has 2 aliphatic carbocycles. The molecule has 41 heavy (non-hydrogen) atoms. The number of rotatable bonds is 12. The van der Waals surface area contributed by atoms with Crippen molar-refractivity contribution in [3.05, 3.63) is 12.7 Å². The largest absolute Gasteiger partial charge is 0.449 e. The Morgan fingerprint density at radius 2 is 1.73 bits per heavy atom. The number of piperidine rings is 1. The third-order valence-electron chi connectivity index (χ3n) is 8.90. The number of hydrogen-bond acceptors (Lipinski definition) is 6. The van der Waals surface area contributed by atoms with E-state index in [1.807, 2.05) is 27.7 Å². The van der Waals surface area contributed by atoms with E-state index in [0.717, 1.165) is 32.1 Å². The van der Waals surface area contributed by atoms with E-state index in [9.17, 15) is 24.0 Å². The molecule has 0 aromatic rings. The number of hydrogen-bond donors (Lipinski definition) is 3. The number of likely N-dealkylation sites (tertiary alicyclic amines) is 1. The van der Waals surface area contributed by atoms with E-state index in [0.29, 0.717) is 19.4 Å². The maximum absolute atomic E-state index is 14.2. The van der Waals surface area contributed by atoms with Gasteiger partial charge < -0.3 is 25.6 Å². The minimum absolute atomic E-state index is 0.0462. The zero-order chi connectivity index (χ0) is 30.5. The van der Waals surface area contributed by atoms with E-state index in [1.165, 1.54) is 6.08 Å². The van der Waals surface area contributed by atoms with Crippen molar-refractivity contribution in [3.63, 3.8) is 0 Å². The highest BCUT2D eigenvalue weighted by atomic mass is 16.5. The van der Waals surface area contributed by atoms with Gasteiger partial charge in [0.15, 0.2) is 0 Å². The van der Waals surface area contributed by atoms with E-state index >= 15 is 0 Å². The molecule has 10 heteroatoms. The standard InChI is InChI=1S/C31H50N4O6/c1-8-13-21(25(36)27(38)32-16-9-2)33-26(37)24-22-20(31(22,6)7)17-35(24)28(39)23(19-14-11-10-12-15-19)34-29(40)41-18-30(3,4)5/h9,19-24H,2,8,10-18H2,1,3-7H3,(H,32,38)(H,33,37)(H,34,40)/t20-,21?,22-,23-,24-/m0/s1. The van der Waals surface area contributed by atoms with Crippen LogP contribution in [0.15, 0.2) is 12.7 Å². The zero-order valence-corrected chi connectivity index (χ0v) is 25.7. The lowest BCUT2D eigenvalue weighted by atomic mass is 9.83. The Labute approximate surface area is 244 Å². The molecule has 0 spiro atoms. The summed E-state index contributed by atoms with van der Waals surface area (Å²) in [7, 11) is 0. The van der Waals surface area contributed by atoms with Crippen LogP contribution >= 0.6 is 0 Å². The summed E-state index contributed by atoms with van der Waals surface area (Å²) in [6.07, 6.45) is 6.40. The van der Waals surface area contributed by atoms with Gasteiger partial charge in [-0.2, -0.15) is 0 Å². The summed E-state index contributed by atoms with van der Waals surface area (Å²) < 4.78 is 5.45. The highest BCUT2D eigenvalue weighted by Crippen LogP contribution is 2.65. The van der Waals surface area contributed by atoms with Gasteiger partial charge in [0.1, 0.15) is 12.1 Å². The molecule has 0 bridgehead atoms. The molecule has 3 rings (SSSR count). The Morgan fingerprint density at radius 3 is 2.32 bits per heavy atom. The first-order valence-corrected chi connectivity index (χ1v) is 15.2. The minimum atomic E-state index is -0.991. The van der Waals surface area contributed by atoms with Gasteiger partial charge >= 0.3 is 6.09 Å². The molecule has 3 fully saturated rings. The number of fused-ring (bicyclic) bond motifs is 1. The van der Waals surface area contributed by atoms with Crippen LogP contribution in [0.5, 0.6) is 0 Å². The number of alkyl carbamates (subject to hydrolysis) is 1. The van der Waals surface area contributed by atoms with Crippen LogP contribution in [0.25, 0.3) is 0 Å². The van der Waals surface area contributed by atoms with Crippen LogP contribution in [0.4, 0.5) is 4.79 Å². The minimum Gasteiger partial charge on any atom is -0.449 e. The number of amides is 4. The van der Waals surface area contributed by atoms with Gasteiger partial charge in [-0.3, -0.25) is 19.2 Å². The molecule has 0 radical (unpaired) electrons. The third-order valence-corrected chi connectivity index (χ3v) is 8.90. The summed E-state index contributed by atoms with van der Waals surface area (Å²) >= 11 is 0. The van der Waals surface area contributed by atoms with Crippen LogP contribution in [0, 0.1) is 28.6 Å². The van der Waals surface area contributed by atoms with Gasteiger partial charge in [0, 0.05) is 13.1 Å². The fourth-order valence-corrected chi connectivity index (χ4v) is 6.52. The number of carbonyl (C=O) groups is 5. The summed E-state index contributed by atoms with van der Waals surface area (Å²) in [6, 6.07) is -2.57. The van der Waals surface area contributed by atoms with Crippen LogP contribution < -0.4 is 16.0 Å². The number of Topliss-reactive ketones (excluding diaryl/α,β-unsaturated/α-hetero) is 1. The van der Waals surface area contributed by atoms with E-state index in [-0.39, 0.29) is 47.6 Å². The molecule has 1 heterocycles. The predicted octanol–water partition coefficient (Wildman–Crippen LogP) is 3.35. The van der Waals surface area contributed by atoms with Crippen molar-refractivity contribution in [3.8, 4) is 0 Å². The SMILES string of the molecule is C=CCNC(=O)C(=O)C(CCC)NC(=O)[C@@H]1[C@@H]2[C@H](CN1C(=O)[C@@H](NC(=O)OCC(C)(C)C)C1CCCCC1)C2(C)C. The van der Waals surface area contributed by atoms with E-state index in [4.69, 9.17) is 4.74 Å². The first-order valence-electron chi connectivity index (χ1n) is 15.2. The molecule has 4 amide bonds. The molecule has 1 saturated heterocycles. The molecule has 10 nitrogen and oxygen atoms in total. The quantitative estimate of drug-likeness (QED) is 0.242. The van der Waals surface area contributed by atoms with Crippen molar-refractivity contribution >= 4 is 29.6 Å². The van der Waals surface area contributed by atoms with E-state index in [1.54, 1.807) is 4.90 Å². The highest BCUT2D eigenvalue weighted by Gasteiger charge is 2.69. The number of nitrogens with one attached hydrogen (secondary N) is 3. The Bertz CT molecular complexity index is 1010. The number of carbonyl (C=O) groups excluding carboxylic acids is 5. The molecular formula is C31H50N4O6. The summed E-state index contributed by atoms with van der Waals surface area (Å²) in [4.78, 5) is 67.7. The Kier molecular flexibility index (Phi) is 10.6. The first kappa shape index (κ1) is 32.6. The molecule has 0 aromatic heterocycles. The smallest absolute Gasteiger partial charge is 0.407 e. The Balaban J connectivity index is 1.82. The normalized spacial score (nSPS) is 24.8. The monoisotopic (exact) mass is 574 g/mol. The van der Waals surface area contributed by atoms with Crippen molar-refractivity contribution in [2.24, 2.45) is 28.6 Å². The average molecular weight is 575 g/mol. The van der Waals surface area contributed by atoms with E-state index in [2.05, 4.69) is 36.4 Å². The van der Waals surface area contributed by atoms with Crippen molar-refractivity contribution in [2.75, 3.05) is 19.7 Å². The molecule has 3 aliphatic rings. The second-order valence-corrected chi connectivity index (χ2v) is 13.8. The fraction of sp³-hybridized carbons (Fsp3) is 0.774. The molecule has 230 valence electrons. The topological polar surface area (TPSA) is 134 Å². The number of nitrogens with zero attached hydrogens (tertiary/aromatic N) is 1. The predicted molar refractivity (Wildman–Crippen MR) is 156 cm³/mol. The van der Waals surface area contributed by atoms with Gasteiger partial charge in [0.25, 0.3) is 5.91 Å². The molecular weight excluding hydrogens is 524 g/mol. The number of ether oxygens (including phenoxy) is 1. The van der Waals surface area contributed by atoms with E-state index < -0.39 is 41.8 Å². The van der Waals surface area contributed by atoms with Gasteiger partial charge in [0.2, 0.25) is 17.6 Å². The summed E-state index contributed by atoms with van der Waals surface area (Å²) in [5.41, 5.74) is -0.356. The molecule has 3 N–H and O–H groups in total. The van der Waals surface area contributed by atoms with Crippen molar-refractivity contribution < 1.29 is 28.7 Å². The van der Waals surface area contributed by atoms with Crippen molar-refractivity contribution in [1.82, 2.24) is 20.9 Å². The lowest BCUT2D eigenvalue weighted by molar-refractivity contribution is -0.145. The van der Waals surface area contributed by atoms with Gasteiger partial charge in [-0.25, -0.2) is 4.79 Å². The fourth-order valence-electron chi connectivity index (χ4n) is 6.52. The van der Waals surface area contributed by atoms with Crippen LogP contribution in [-0.2, 0) is 23.9 Å². The van der Waals surface area contributed by atoms with Crippen LogP contribution in [0.1, 0.15) is 86.5 Å². The maximum Gasteiger partial charge on any atom is 0.407 e.